The van der Waals surface area contributed by atoms with Gasteiger partial charge in [0, 0.05) is 7.11 Å². The standard InChI is InChI=1S/C18H25N3O3/c1-13(18-19-17(12-23-2)20-24-18)21-9-7-14(8-10-21)16-6-4-3-5-15(16)11-22/h3-6,13-14,22H,7-12H2,1-2H3. The van der Waals surface area contributed by atoms with Gasteiger partial charge in [-0.05, 0) is 49.9 Å². The number of piperidine rings is 1. The second kappa shape index (κ2) is 7.88. The zero-order valence-corrected chi connectivity index (χ0v) is 14.3. The minimum absolute atomic E-state index is 0.108. The van der Waals surface area contributed by atoms with Crippen LogP contribution in [0, 0.1) is 0 Å². The Morgan fingerprint density at radius 1 is 1.33 bits per heavy atom. The van der Waals surface area contributed by atoms with Crippen molar-refractivity contribution in [1.82, 2.24) is 15.0 Å². The normalized spacial score (nSPS) is 18.0. The van der Waals surface area contributed by atoms with Crippen molar-refractivity contribution in [1.29, 1.82) is 0 Å². The summed E-state index contributed by atoms with van der Waals surface area (Å²) in [5, 5.41) is 13.5. The van der Waals surface area contributed by atoms with Crippen molar-refractivity contribution in [3.05, 3.63) is 47.1 Å². The van der Waals surface area contributed by atoms with E-state index in [1.807, 2.05) is 12.1 Å². The molecule has 1 fully saturated rings. The number of hydrogen-bond donors (Lipinski definition) is 1. The van der Waals surface area contributed by atoms with E-state index in [1.165, 1.54) is 5.56 Å². The van der Waals surface area contributed by atoms with Crippen molar-refractivity contribution >= 4 is 0 Å². The fourth-order valence-electron chi connectivity index (χ4n) is 3.46. The van der Waals surface area contributed by atoms with E-state index in [4.69, 9.17) is 9.26 Å². The molecule has 2 heterocycles. The first-order valence-corrected chi connectivity index (χ1v) is 8.47. The Balaban J connectivity index is 1.61. The average Bonchev–Trinajstić information content (AvgIpc) is 3.10. The van der Waals surface area contributed by atoms with Crippen LogP contribution in [0.3, 0.4) is 0 Å². The van der Waals surface area contributed by atoms with Crippen molar-refractivity contribution in [2.45, 2.75) is 44.9 Å². The molecular weight excluding hydrogens is 306 g/mol. The number of hydrogen-bond acceptors (Lipinski definition) is 6. The van der Waals surface area contributed by atoms with E-state index < -0.39 is 0 Å². The third-order valence-electron chi connectivity index (χ3n) is 4.86. The predicted molar refractivity (Wildman–Crippen MR) is 89.3 cm³/mol. The summed E-state index contributed by atoms with van der Waals surface area (Å²) in [6.45, 7) is 4.54. The highest BCUT2D eigenvalue weighted by Crippen LogP contribution is 2.33. The summed E-state index contributed by atoms with van der Waals surface area (Å²) >= 11 is 0. The number of likely N-dealkylation sites (tertiary alicyclic amines) is 1. The lowest BCUT2D eigenvalue weighted by Crippen LogP contribution is -2.35. The molecule has 0 radical (unpaired) electrons. The van der Waals surface area contributed by atoms with Crippen LogP contribution in [0.25, 0.3) is 0 Å². The highest BCUT2D eigenvalue weighted by molar-refractivity contribution is 5.30. The molecule has 0 spiro atoms. The van der Waals surface area contributed by atoms with Crippen LogP contribution in [0.5, 0.6) is 0 Å². The van der Waals surface area contributed by atoms with Crippen LogP contribution in [-0.2, 0) is 18.0 Å². The van der Waals surface area contributed by atoms with E-state index in [2.05, 4.69) is 34.1 Å². The molecule has 1 aromatic carbocycles. The summed E-state index contributed by atoms with van der Waals surface area (Å²) in [5.41, 5.74) is 2.33. The van der Waals surface area contributed by atoms with Gasteiger partial charge in [0.15, 0.2) is 5.82 Å². The van der Waals surface area contributed by atoms with Crippen LogP contribution in [0.4, 0.5) is 0 Å². The second-order valence-corrected chi connectivity index (χ2v) is 6.32. The van der Waals surface area contributed by atoms with E-state index in [0.717, 1.165) is 31.5 Å². The molecule has 1 unspecified atom stereocenters. The molecule has 1 aliphatic heterocycles. The number of aromatic nitrogens is 2. The van der Waals surface area contributed by atoms with Crippen LogP contribution >= 0.6 is 0 Å². The van der Waals surface area contributed by atoms with E-state index in [-0.39, 0.29) is 12.6 Å². The van der Waals surface area contributed by atoms with Gasteiger partial charge in [0.1, 0.15) is 6.61 Å². The Morgan fingerprint density at radius 3 is 2.79 bits per heavy atom. The van der Waals surface area contributed by atoms with Gasteiger partial charge in [0.2, 0.25) is 5.89 Å². The van der Waals surface area contributed by atoms with Gasteiger partial charge < -0.3 is 14.4 Å². The van der Waals surface area contributed by atoms with Crippen LogP contribution in [0.1, 0.15) is 54.6 Å². The Morgan fingerprint density at radius 2 is 2.08 bits per heavy atom. The van der Waals surface area contributed by atoms with Gasteiger partial charge in [-0.2, -0.15) is 4.98 Å². The largest absolute Gasteiger partial charge is 0.392 e. The maximum atomic E-state index is 9.54. The first-order valence-electron chi connectivity index (χ1n) is 8.47. The second-order valence-electron chi connectivity index (χ2n) is 6.32. The van der Waals surface area contributed by atoms with Crippen LogP contribution in [-0.4, -0.2) is 40.3 Å². The Hall–Kier alpha value is -1.76. The number of nitrogens with zero attached hydrogens (tertiary/aromatic N) is 3. The topological polar surface area (TPSA) is 71.6 Å². The monoisotopic (exact) mass is 331 g/mol. The number of benzene rings is 1. The highest BCUT2D eigenvalue weighted by Gasteiger charge is 2.28. The molecule has 0 bridgehead atoms. The van der Waals surface area contributed by atoms with E-state index in [9.17, 15) is 5.11 Å². The molecule has 6 nitrogen and oxygen atoms in total. The van der Waals surface area contributed by atoms with E-state index in [1.54, 1.807) is 7.11 Å². The molecule has 130 valence electrons. The Bertz CT molecular complexity index is 650. The van der Waals surface area contributed by atoms with E-state index >= 15 is 0 Å². The van der Waals surface area contributed by atoms with Crippen molar-refractivity contribution in [3.63, 3.8) is 0 Å². The molecule has 24 heavy (non-hydrogen) atoms. The van der Waals surface area contributed by atoms with Gasteiger partial charge in [0.25, 0.3) is 0 Å². The molecule has 1 N–H and O–H groups in total. The minimum atomic E-state index is 0.108. The number of aliphatic hydroxyl groups excluding tert-OH is 1. The lowest BCUT2D eigenvalue weighted by molar-refractivity contribution is 0.135. The number of methoxy groups -OCH3 is 1. The van der Waals surface area contributed by atoms with Gasteiger partial charge in [-0.1, -0.05) is 29.4 Å². The first-order chi connectivity index (χ1) is 11.7. The molecule has 1 aromatic heterocycles. The Kier molecular flexibility index (Phi) is 5.60. The fraction of sp³-hybridized carbons (Fsp3) is 0.556. The summed E-state index contributed by atoms with van der Waals surface area (Å²) < 4.78 is 10.4. The third-order valence-corrected chi connectivity index (χ3v) is 4.86. The van der Waals surface area contributed by atoms with Crippen LogP contribution in [0.15, 0.2) is 28.8 Å². The molecule has 6 heteroatoms. The molecule has 1 aliphatic rings. The van der Waals surface area contributed by atoms with Gasteiger partial charge >= 0.3 is 0 Å². The number of ether oxygens (including phenoxy) is 1. The molecule has 1 atom stereocenters. The van der Waals surface area contributed by atoms with Gasteiger partial charge in [-0.3, -0.25) is 4.90 Å². The third kappa shape index (κ3) is 3.66. The lowest BCUT2D eigenvalue weighted by atomic mass is 9.86. The van der Waals surface area contributed by atoms with Crippen molar-refractivity contribution in [2.75, 3.05) is 20.2 Å². The quantitative estimate of drug-likeness (QED) is 0.877. The van der Waals surface area contributed by atoms with Gasteiger partial charge in [0.05, 0.1) is 12.6 Å². The number of rotatable bonds is 6. The van der Waals surface area contributed by atoms with Crippen molar-refractivity contribution < 1.29 is 14.4 Å². The lowest BCUT2D eigenvalue weighted by Gasteiger charge is -2.35. The van der Waals surface area contributed by atoms with E-state index in [0.29, 0.717) is 24.2 Å². The molecule has 2 aromatic rings. The minimum Gasteiger partial charge on any atom is -0.392 e. The Labute approximate surface area is 142 Å². The highest BCUT2D eigenvalue weighted by atomic mass is 16.5. The molecule has 0 saturated carbocycles. The summed E-state index contributed by atoms with van der Waals surface area (Å²) in [7, 11) is 1.62. The zero-order valence-electron chi connectivity index (χ0n) is 14.3. The predicted octanol–water partition coefficient (Wildman–Crippen LogP) is 2.65. The smallest absolute Gasteiger partial charge is 0.243 e. The van der Waals surface area contributed by atoms with Crippen molar-refractivity contribution in [3.8, 4) is 0 Å². The average molecular weight is 331 g/mol. The SMILES string of the molecule is COCc1noc(C(C)N2CCC(c3ccccc3CO)CC2)n1. The maximum Gasteiger partial charge on any atom is 0.243 e. The summed E-state index contributed by atoms with van der Waals surface area (Å²) in [6.07, 6.45) is 2.14. The first kappa shape index (κ1) is 17.1. The molecule has 1 saturated heterocycles. The fourth-order valence-corrected chi connectivity index (χ4v) is 3.46. The summed E-state index contributed by atoms with van der Waals surface area (Å²) in [6, 6.07) is 8.31. The molecule has 3 rings (SSSR count). The van der Waals surface area contributed by atoms with Gasteiger partial charge in [-0.25, -0.2) is 0 Å². The molecular formula is C18H25N3O3. The number of aliphatic hydroxyl groups is 1. The van der Waals surface area contributed by atoms with Crippen LogP contribution in [0.2, 0.25) is 0 Å². The molecule has 0 aliphatic carbocycles. The maximum absolute atomic E-state index is 9.54. The molecule has 0 amide bonds. The summed E-state index contributed by atoms with van der Waals surface area (Å²) in [4.78, 5) is 6.78. The van der Waals surface area contributed by atoms with Crippen LogP contribution < -0.4 is 0 Å². The summed E-state index contributed by atoms with van der Waals surface area (Å²) in [5.74, 6) is 1.74. The van der Waals surface area contributed by atoms with Gasteiger partial charge in [-0.15, -0.1) is 0 Å². The zero-order chi connectivity index (χ0) is 16.9. The van der Waals surface area contributed by atoms with Crippen molar-refractivity contribution in [2.24, 2.45) is 0 Å².